The van der Waals surface area contributed by atoms with Crippen molar-refractivity contribution in [1.29, 1.82) is 0 Å². The van der Waals surface area contributed by atoms with Gasteiger partial charge >= 0.3 is 5.97 Å². The lowest BCUT2D eigenvalue weighted by Gasteiger charge is -2.09. The Kier molecular flexibility index (Phi) is 5.19. The summed E-state index contributed by atoms with van der Waals surface area (Å²) in [6.07, 6.45) is 4.08. The molecule has 0 saturated heterocycles. The molecule has 1 aliphatic heterocycles. The maximum Gasteiger partial charge on any atom is 0.310 e. The molecule has 0 radical (unpaired) electrons. The molecule has 3 nitrogen and oxygen atoms in total. The van der Waals surface area contributed by atoms with Crippen LogP contribution >= 0.6 is 10.5 Å². The van der Waals surface area contributed by atoms with E-state index < -0.39 is 0 Å². The second-order valence-corrected chi connectivity index (χ2v) is 5.22. The third kappa shape index (κ3) is 4.57. The van der Waals surface area contributed by atoms with Crippen molar-refractivity contribution in [3.63, 3.8) is 0 Å². The van der Waals surface area contributed by atoms with Crippen LogP contribution in [-0.4, -0.2) is 29.5 Å². The molecule has 16 heavy (non-hydrogen) atoms. The van der Waals surface area contributed by atoms with E-state index in [0.717, 1.165) is 5.57 Å². The van der Waals surface area contributed by atoms with Crippen LogP contribution < -0.4 is 0 Å². The Morgan fingerprint density at radius 1 is 1.44 bits per heavy atom. The number of allylic oxidation sites excluding steroid dienone is 2. The number of hydrogen-bond acceptors (Lipinski definition) is 3. The lowest BCUT2D eigenvalue weighted by molar-refractivity contribution is -0.142. The first-order valence-corrected chi connectivity index (χ1v) is 6.69. The Labute approximate surface area is 98.1 Å². The summed E-state index contributed by atoms with van der Waals surface area (Å²) in [4.78, 5) is 22.3. The van der Waals surface area contributed by atoms with Crippen LogP contribution in [0.5, 0.6) is 0 Å². The van der Waals surface area contributed by atoms with E-state index in [2.05, 4.69) is 0 Å². The van der Waals surface area contributed by atoms with Crippen molar-refractivity contribution in [1.82, 2.24) is 0 Å². The first-order chi connectivity index (χ1) is 7.61. The quantitative estimate of drug-likeness (QED) is 0.545. The Bertz CT molecular complexity index is 378. The van der Waals surface area contributed by atoms with E-state index in [1.807, 2.05) is 22.9 Å². The summed E-state index contributed by atoms with van der Waals surface area (Å²) in [5.41, 5.74) is 0.936. The molecule has 0 amide bonds. The summed E-state index contributed by atoms with van der Waals surface area (Å²) < 4.78 is 4.87. The van der Waals surface area contributed by atoms with E-state index in [0.29, 0.717) is 18.8 Å². The SMILES string of the molecule is CCOC(=O)CC1=CS(CC(C)=O)=CC=C1. The van der Waals surface area contributed by atoms with Crippen molar-refractivity contribution in [3.8, 4) is 0 Å². The van der Waals surface area contributed by atoms with Crippen molar-refractivity contribution in [3.05, 3.63) is 23.1 Å². The van der Waals surface area contributed by atoms with Gasteiger partial charge in [-0.15, -0.1) is 0 Å². The van der Waals surface area contributed by atoms with Crippen molar-refractivity contribution in [2.75, 3.05) is 12.4 Å². The highest BCUT2D eigenvalue weighted by molar-refractivity contribution is 8.18. The Morgan fingerprint density at radius 3 is 2.81 bits per heavy atom. The van der Waals surface area contributed by atoms with Gasteiger partial charge in [-0.05, 0) is 30.2 Å². The van der Waals surface area contributed by atoms with Crippen LogP contribution in [0.15, 0.2) is 23.1 Å². The summed E-state index contributed by atoms with van der Waals surface area (Å²) in [6.45, 7) is 3.77. The van der Waals surface area contributed by atoms with Crippen LogP contribution in [0.25, 0.3) is 0 Å². The van der Waals surface area contributed by atoms with Gasteiger partial charge in [-0.3, -0.25) is 9.59 Å². The predicted molar refractivity (Wildman–Crippen MR) is 67.7 cm³/mol. The average molecular weight is 240 g/mol. The second kappa shape index (κ2) is 6.43. The lowest BCUT2D eigenvalue weighted by atomic mass is 10.2. The Balaban J connectivity index is 2.59. The predicted octanol–water partition coefficient (Wildman–Crippen LogP) is 2.05. The zero-order chi connectivity index (χ0) is 12.0. The largest absolute Gasteiger partial charge is 0.466 e. The van der Waals surface area contributed by atoms with Crippen LogP contribution in [0.3, 0.4) is 0 Å². The van der Waals surface area contributed by atoms with E-state index in [1.54, 1.807) is 13.8 Å². The maximum atomic E-state index is 11.3. The summed E-state index contributed by atoms with van der Waals surface area (Å²) in [5.74, 6) is 0.477. The summed E-state index contributed by atoms with van der Waals surface area (Å²) in [5, 5.41) is 3.98. The van der Waals surface area contributed by atoms with E-state index in [-0.39, 0.29) is 22.2 Å². The number of ketones is 1. The third-order valence-corrected chi connectivity index (χ3v) is 3.74. The van der Waals surface area contributed by atoms with Crippen LogP contribution in [0.4, 0.5) is 0 Å². The molecule has 1 heterocycles. The molecule has 0 aromatic carbocycles. The van der Waals surface area contributed by atoms with Gasteiger partial charge < -0.3 is 4.74 Å². The number of esters is 1. The van der Waals surface area contributed by atoms with Crippen LogP contribution in [0.1, 0.15) is 20.3 Å². The van der Waals surface area contributed by atoms with Gasteiger partial charge in [0, 0.05) is 0 Å². The molecular weight excluding hydrogens is 224 g/mol. The molecule has 0 aromatic rings. The minimum absolute atomic E-state index is 0.156. The molecule has 0 saturated carbocycles. The minimum Gasteiger partial charge on any atom is -0.466 e. The van der Waals surface area contributed by atoms with Gasteiger partial charge in [0.2, 0.25) is 0 Å². The van der Waals surface area contributed by atoms with Crippen LogP contribution in [0.2, 0.25) is 0 Å². The van der Waals surface area contributed by atoms with Crippen molar-refractivity contribution in [2.24, 2.45) is 0 Å². The standard InChI is InChI=1S/C12H16O3S/c1-3-15-12(14)7-11-5-4-6-16(9-11)8-10(2)13/h4-6,9H,3,7-8H2,1-2H3. The Morgan fingerprint density at radius 2 is 2.19 bits per heavy atom. The molecule has 1 unspecified atom stereocenters. The molecular formula is C12H16O3S. The van der Waals surface area contributed by atoms with E-state index in [1.165, 1.54) is 0 Å². The van der Waals surface area contributed by atoms with Gasteiger partial charge in [0.15, 0.2) is 0 Å². The van der Waals surface area contributed by atoms with E-state index in [9.17, 15) is 9.59 Å². The molecule has 0 aliphatic carbocycles. The molecule has 1 rings (SSSR count). The number of hydrogen-bond donors (Lipinski definition) is 0. The topological polar surface area (TPSA) is 43.4 Å². The number of Topliss-reactive ketones (excluding diaryl/α,β-unsaturated/α-hetero) is 1. The highest BCUT2D eigenvalue weighted by Crippen LogP contribution is 2.22. The summed E-state index contributed by atoms with van der Waals surface area (Å²) >= 11 is 0. The summed E-state index contributed by atoms with van der Waals surface area (Å²) in [7, 11) is -0.156. The number of carbonyl (C=O) groups is 2. The van der Waals surface area contributed by atoms with Crippen LogP contribution in [0, 0.1) is 0 Å². The number of ether oxygens (including phenoxy) is 1. The molecule has 0 fully saturated rings. The minimum atomic E-state index is -0.216. The molecule has 4 heteroatoms. The van der Waals surface area contributed by atoms with Crippen molar-refractivity contribution in [2.45, 2.75) is 20.3 Å². The lowest BCUT2D eigenvalue weighted by Crippen LogP contribution is -2.05. The fourth-order valence-electron chi connectivity index (χ4n) is 1.34. The summed E-state index contributed by atoms with van der Waals surface area (Å²) in [6, 6.07) is 0. The number of carbonyl (C=O) groups excluding carboxylic acids is 2. The molecule has 88 valence electrons. The molecule has 0 N–H and O–H groups in total. The van der Waals surface area contributed by atoms with Gasteiger partial charge in [0.25, 0.3) is 0 Å². The Hall–Kier alpha value is -1.16. The van der Waals surface area contributed by atoms with Gasteiger partial charge in [-0.1, -0.05) is 12.2 Å². The van der Waals surface area contributed by atoms with Gasteiger partial charge in [0.1, 0.15) is 5.78 Å². The molecule has 0 spiro atoms. The highest BCUT2D eigenvalue weighted by Gasteiger charge is 2.07. The highest BCUT2D eigenvalue weighted by atomic mass is 32.2. The molecule has 0 bridgehead atoms. The van der Waals surface area contributed by atoms with E-state index >= 15 is 0 Å². The number of rotatable bonds is 5. The maximum absolute atomic E-state index is 11.3. The van der Waals surface area contributed by atoms with Gasteiger partial charge in [-0.25, -0.2) is 0 Å². The molecule has 0 aromatic heterocycles. The van der Waals surface area contributed by atoms with E-state index in [4.69, 9.17) is 4.74 Å². The fourth-order valence-corrected chi connectivity index (χ4v) is 2.90. The average Bonchev–Trinajstić information content (AvgIpc) is 2.17. The first-order valence-electron chi connectivity index (χ1n) is 5.17. The fraction of sp³-hybridized carbons (Fsp3) is 0.417. The van der Waals surface area contributed by atoms with Crippen LogP contribution in [-0.2, 0) is 14.3 Å². The zero-order valence-corrected chi connectivity index (χ0v) is 10.4. The van der Waals surface area contributed by atoms with Crippen molar-refractivity contribution >= 4 is 27.6 Å². The van der Waals surface area contributed by atoms with Gasteiger partial charge in [0.05, 0.1) is 18.8 Å². The molecule has 1 aliphatic rings. The zero-order valence-electron chi connectivity index (χ0n) is 9.56. The first kappa shape index (κ1) is 12.9. The molecule has 1 atom stereocenters. The monoisotopic (exact) mass is 240 g/mol. The van der Waals surface area contributed by atoms with Gasteiger partial charge in [-0.2, -0.15) is 10.5 Å². The third-order valence-electron chi connectivity index (χ3n) is 1.89. The normalized spacial score (nSPS) is 18.6. The van der Waals surface area contributed by atoms with Crippen molar-refractivity contribution < 1.29 is 14.3 Å². The smallest absolute Gasteiger partial charge is 0.310 e. The second-order valence-electron chi connectivity index (χ2n) is 3.49.